The molecule has 0 spiro atoms. The van der Waals surface area contributed by atoms with E-state index in [4.69, 9.17) is 4.98 Å². The molecule has 0 amide bonds. The van der Waals surface area contributed by atoms with Gasteiger partial charge in [0.05, 0.1) is 6.17 Å². The molecule has 0 N–H and O–H groups in total. The average Bonchev–Trinajstić information content (AvgIpc) is 3.07. The van der Waals surface area contributed by atoms with E-state index in [0.29, 0.717) is 12.2 Å². The van der Waals surface area contributed by atoms with E-state index in [1.807, 2.05) is 0 Å². The van der Waals surface area contributed by atoms with Gasteiger partial charge >= 0.3 is 0 Å². The zero-order valence-electron chi connectivity index (χ0n) is 20.2. The van der Waals surface area contributed by atoms with E-state index < -0.39 is 0 Å². The molecule has 0 aromatic carbocycles. The number of likely N-dealkylation sites (tertiary alicyclic amines) is 1. The van der Waals surface area contributed by atoms with Gasteiger partial charge in [0.15, 0.2) is 0 Å². The monoisotopic (exact) mass is 412 g/mol. The Morgan fingerprint density at radius 1 is 0.833 bits per heavy atom. The SMILES string of the molecule is CC(C)(C)N1CCCC1c1cncc(CC(C)(C)N2CCCN3CCCCCC32)c1. The summed E-state index contributed by atoms with van der Waals surface area (Å²) in [5.74, 6) is 0. The van der Waals surface area contributed by atoms with Gasteiger partial charge in [-0.2, -0.15) is 0 Å². The van der Waals surface area contributed by atoms with Gasteiger partial charge in [0.2, 0.25) is 0 Å². The summed E-state index contributed by atoms with van der Waals surface area (Å²) in [5.41, 5.74) is 3.20. The van der Waals surface area contributed by atoms with Gasteiger partial charge in [-0.25, -0.2) is 0 Å². The molecule has 0 radical (unpaired) electrons. The highest BCUT2D eigenvalue weighted by atomic mass is 15.4. The van der Waals surface area contributed by atoms with Gasteiger partial charge in [-0.05, 0) is 97.4 Å². The van der Waals surface area contributed by atoms with Crippen LogP contribution >= 0.6 is 0 Å². The number of fused-ring (bicyclic) bond motifs is 1. The molecule has 168 valence electrons. The number of aromatic nitrogens is 1. The first-order valence-electron chi connectivity index (χ1n) is 12.5. The van der Waals surface area contributed by atoms with Gasteiger partial charge in [0.25, 0.3) is 0 Å². The van der Waals surface area contributed by atoms with Crippen LogP contribution in [-0.2, 0) is 6.42 Å². The lowest BCUT2D eigenvalue weighted by Gasteiger charge is -2.51. The molecule has 3 saturated heterocycles. The molecule has 30 heavy (non-hydrogen) atoms. The summed E-state index contributed by atoms with van der Waals surface area (Å²) in [7, 11) is 0. The summed E-state index contributed by atoms with van der Waals surface area (Å²) >= 11 is 0. The summed E-state index contributed by atoms with van der Waals surface area (Å²) in [6, 6.07) is 2.99. The zero-order valence-corrected chi connectivity index (χ0v) is 20.2. The third-order valence-corrected chi connectivity index (χ3v) is 7.76. The van der Waals surface area contributed by atoms with Crippen LogP contribution in [0.3, 0.4) is 0 Å². The highest BCUT2D eigenvalue weighted by Gasteiger charge is 2.39. The summed E-state index contributed by atoms with van der Waals surface area (Å²) in [6.07, 6.45) is 15.3. The van der Waals surface area contributed by atoms with Crippen molar-refractivity contribution in [1.82, 2.24) is 19.7 Å². The fourth-order valence-electron chi connectivity index (χ4n) is 6.37. The van der Waals surface area contributed by atoms with Crippen LogP contribution in [-0.4, -0.2) is 63.1 Å². The number of pyridine rings is 1. The van der Waals surface area contributed by atoms with E-state index in [1.165, 1.54) is 82.3 Å². The van der Waals surface area contributed by atoms with Gasteiger partial charge in [-0.1, -0.05) is 18.9 Å². The summed E-state index contributed by atoms with van der Waals surface area (Å²) in [4.78, 5) is 13.0. The van der Waals surface area contributed by atoms with E-state index in [-0.39, 0.29) is 11.1 Å². The minimum absolute atomic E-state index is 0.160. The van der Waals surface area contributed by atoms with Crippen LogP contribution in [0.1, 0.15) is 96.7 Å². The minimum atomic E-state index is 0.160. The Labute approximate surface area is 185 Å². The van der Waals surface area contributed by atoms with Crippen LogP contribution < -0.4 is 0 Å². The Kier molecular flexibility index (Phi) is 6.58. The maximum Gasteiger partial charge on any atom is 0.0626 e. The van der Waals surface area contributed by atoms with Crippen molar-refractivity contribution in [3.05, 3.63) is 29.6 Å². The standard InChI is InChI=1S/C26H44N4/c1-25(2,3)29-15-9-11-23(29)22-17-21(19-27-20-22)18-26(4,5)30-16-10-14-28-13-8-6-7-12-24(28)30/h17,19-20,23-24H,6-16,18H2,1-5H3. The molecule has 0 saturated carbocycles. The number of rotatable bonds is 4. The molecule has 2 atom stereocenters. The summed E-state index contributed by atoms with van der Waals surface area (Å²) in [6.45, 7) is 17.0. The van der Waals surface area contributed by atoms with E-state index in [9.17, 15) is 0 Å². The van der Waals surface area contributed by atoms with Crippen LogP contribution in [0.4, 0.5) is 0 Å². The molecule has 4 heterocycles. The molecule has 3 aliphatic rings. The fraction of sp³-hybridized carbons (Fsp3) is 0.808. The largest absolute Gasteiger partial charge is 0.291 e. The Hall–Kier alpha value is -0.970. The number of hydrogen-bond acceptors (Lipinski definition) is 4. The Bertz CT molecular complexity index is 707. The molecular weight excluding hydrogens is 368 g/mol. The number of hydrogen-bond donors (Lipinski definition) is 0. The predicted molar refractivity (Wildman–Crippen MR) is 126 cm³/mol. The van der Waals surface area contributed by atoms with Crippen LogP contribution in [0, 0.1) is 0 Å². The quantitative estimate of drug-likeness (QED) is 0.674. The van der Waals surface area contributed by atoms with Gasteiger partial charge in [-0.15, -0.1) is 0 Å². The minimum Gasteiger partial charge on any atom is -0.291 e. The van der Waals surface area contributed by atoms with Crippen molar-refractivity contribution < 1.29 is 0 Å². The first-order chi connectivity index (χ1) is 14.3. The third kappa shape index (κ3) is 4.76. The van der Waals surface area contributed by atoms with Gasteiger partial charge in [0, 0.05) is 42.6 Å². The molecule has 4 rings (SSSR count). The summed E-state index contributed by atoms with van der Waals surface area (Å²) < 4.78 is 0. The van der Waals surface area contributed by atoms with Crippen molar-refractivity contribution in [2.45, 2.75) is 109 Å². The molecule has 1 aromatic heterocycles. The van der Waals surface area contributed by atoms with E-state index in [2.05, 4.69) is 67.8 Å². The second kappa shape index (κ2) is 8.88. The van der Waals surface area contributed by atoms with E-state index in [0.717, 1.165) is 6.42 Å². The molecular formula is C26H44N4. The predicted octanol–water partition coefficient (Wildman–Crippen LogP) is 5.25. The lowest BCUT2D eigenvalue weighted by Crippen LogP contribution is -2.61. The molecule has 3 fully saturated rings. The highest BCUT2D eigenvalue weighted by molar-refractivity contribution is 5.24. The number of nitrogens with zero attached hydrogens (tertiary/aromatic N) is 4. The molecule has 0 aliphatic carbocycles. The van der Waals surface area contributed by atoms with Crippen LogP contribution in [0.15, 0.2) is 18.5 Å². The molecule has 4 nitrogen and oxygen atoms in total. The third-order valence-electron chi connectivity index (χ3n) is 7.76. The smallest absolute Gasteiger partial charge is 0.0626 e. The molecule has 1 aromatic rings. The zero-order chi connectivity index (χ0) is 21.4. The van der Waals surface area contributed by atoms with Crippen molar-refractivity contribution in [3.63, 3.8) is 0 Å². The van der Waals surface area contributed by atoms with Gasteiger partial charge in [-0.3, -0.25) is 19.7 Å². The Balaban J connectivity index is 1.51. The van der Waals surface area contributed by atoms with Crippen molar-refractivity contribution >= 4 is 0 Å². The summed E-state index contributed by atoms with van der Waals surface area (Å²) in [5, 5.41) is 0. The van der Waals surface area contributed by atoms with Gasteiger partial charge in [0.1, 0.15) is 0 Å². The van der Waals surface area contributed by atoms with Crippen LogP contribution in [0.2, 0.25) is 0 Å². The molecule has 0 bridgehead atoms. The Morgan fingerprint density at radius 2 is 1.60 bits per heavy atom. The first kappa shape index (κ1) is 22.2. The van der Waals surface area contributed by atoms with Crippen LogP contribution in [0.25, 0.3) is 0 Å². The Morgan fingerprint density at radius 3 is 2.40 bits per heavy atom. The van der Waals surface area contributed by atoms with Crippen molar-refractivity contribution in [3.8, 4) is 0 Å². The molecule has 2 unspecified atom stereocenters. The fourth-order valence-corrected chi connectivity index (χ4v) is 6.37. The van der Waals surface area contributed by atoms with Gasteiger partial charge < -0.3 is 0 Å². The second-order valence-corrected chi connectivity index (χ2v) is 11.6. The maximum absolute atomic E-state index is 4.72. The highest BCUT2D eigenvalue weighted by Crippen LogP contribution is 2.38. The lowest BCUT2D eigenvalue weighted by atomic mass is 9.90. The lowest BCUT2D eigenvalue weighted by molar-refractivity contribution is -0.0542. The van der Waals surface area contributed by atoms with E-state index in [1.54, 1.807) is 0 Å². The molecule has 3 aliphatic heterocycles. The topological polar surface area (TPSA) is 22.6 Å². The van der Waals surface area contributed by atoms with Crippen molar-refractivity contribution in [2.75, 3.05) is 26.2 Å². The molecule has 4 heteroatoms. The van der Waals surface area contributed by atoms with Crippen molar-refractivity contribution in [2.24, 2.45) is 0 Å². The first-order valence-corrected chi connectivity index (χ1v) is 12.5. The maximum atomic E-state index is 4.72. The average molecular weight is 413 g/mol. The van der Waals surface area contributed by atoms with E-state index >= 15 is 0 Å². The van der Waals surface area contributed by atoms with Crippen molar-refractivity contribution in [1.29, 1.82) is 0 Å². The van der Waals surface area contributed by atoms with Crippen LogP contribution in [0.5, 0.6) is 0 Å². The normalized spacial score (nSPS) is 27.8. The second-order valence-electron chi connectivity index (χ2n) is 11.6.